The molecule has 196 valence electrons. The normalized spacial score (nSPS) is 11.0. The van der Waals surface area contributed by atoms with E-state index in [0.29, 0.717) is 55.2 Å². The van der Waals surface area contributed by atoms with Crippen LogP contribution in [0.1, 0.15) is 0 Å². The molecule has 0 aromatic heterocycles. The minimum absolute atomic E-state index is 0.126. The molecule has 0 aromatic rings. The standard InChI is InChI=1S/C18H34O10S5/c19-1-7-29-9-3-23-17(21)13-31-12-6-27-28-16-33-15-24-18(22)14-32-11-5-26-25-4-10-30-8-2-20/h19-20H,1-16H2. The van der Waals surface area contributed by atoms with Gasteiger partial charge in [0.25, 0.3) is 0 Å². The number of aliphatic hydroxyl groups is 2. The Morgan fingerprint density at radius 2 is 1.00 bits per heavy atom. The largest absolute Gasteiger partial charge is 0.464 e. The van der Waals surface area contributed by atoms with Crippen molar-refractivity contribution in [1.29, 1.82) is 0 Å². The highest BCUT2D eigenvalue weighted by atomic mass is 32.2. The molecule has 0 rings (SSSR count). The predicted molar refractivity (Wildman–Crippen MR) is 137 cm³/mol. The molecule has 0 aliphatic carbocycles. The highest BCUT2D eigenvalue weighted by Crippen LogP contribution is 2.07. The molecule has 0 bridgehead atoms. The lowest BCUT2D eigenvalue weighted by Crippen LogP contribution is -2.11. The van der Waals surface area contributed by atoms with E-state index in [1.54, 1.807) is 11.8 Å². The first kappa shape index (κ1) is 33.4. The Morgan fingerprint density at radius 3 is 1.58 bits per heavy atom. The molecule has 0 saturated carbocycles. The Bertz CT molecular complexity index is 451. The molecule has 0 aromatic carbocycles. The second kappa shape index (κ2) is 28.7. The van der Waals surface area contributed by atoms with E-state index in [9.17, 15) is 9.59 Å². The van der Waals surface area contributed by atoms with Crippen molar-refractivity contribution in [2.24, 2.45) is 0 Å². The molecule has 10 nitrogen and oxygen atoms in total. The summed E-state index contributed by atoms with van der Waals surface area (Å²) >= 11 is 7.16. The van der Waals surface area contributed by atoms with Crippen molar-refractivity contribution in [2.45, 2.75) is 0 Å². The van der Waals surface area contributed by atoms with Gasteiger partial charge in [0, 0.05) is 34.5 Å². The third kappa shape index (κ3) is 28.6. The van der Waals surface area contributed by atoms with Gasteiger partial charge in [0.05, 0.1) is 44.5 Å². The smallest absolute Gasteiger partial charge is 0.316 e. The summed E-state index contributed by atoms with van der Waals surface area (Å²) in [5.74, 6) is 4.25. The van der Waals surface area contributed by atoms with Crippen LogP contribution in [0.25, 0.3) is 0 Å². The van der Waals surface area contributed by atoms with Crippen LogP contribution in [0.5, 0.6) is 0 Å². The number of thioether (sulfide) groups is 5. The molecular formula is C18H34O10S5. The summed E-state index contributed by atoms with van der Waals surface area (Å²) in [5, 5.41) is 17.3. The number of aliphatic hydroxyl groups excluding tert-OH is 2. The molecule has 0 aliphatic heterocycles. The Hall–Kier alpha value is 0.450. The maximum atomic E-state index is 11.6. The molecule has 0 heterocycles. The minimum atomic E-state index is -0.315. The molecule has 0 unspecified atom stereocenters. The van der Waals surface area contributed by atoms with Crippen molar-refractivity contribution in [2.75, 3.05) is 97.5 Å². The Balaban J connectivity index is 3.23. The van der Waals surface area contributed by atoms with Crippen LogP contribution >= 0.6 is 58.8 Å². The van der Waals surface area contributed by atoms with E-state index in [0.717, 1.165) is 5.75 Å². The van der Waals surface area contributed by atoms with Gasteiger partial charge in [0.1, 0.15) is 18.5 Å². The van der Waals surface area contributed by atoms with E-state index in [1.165, 1.54) is 47.0 Å². The van der Waals surface area contributed by atoms with E-state index >= 15 is 0 Å². The maximum Gasteiger partial charge on any atom is 0.316 e. The Kier molecular flexibility index (Phi) is 29.1. The lowest BCUT2D eigenvalue weighted by molar-refractivity contribution is -0.285. The van der Waals surface area contributed by atoms with E-state index in [1.807, 2.05) is 0 Å². The van der Waals surface area contributed by atoms with Crippen LogP contribution in [0, 0.1) is 0 Å². The third-order valence-corrected chi connectivity index (χ3v) is 7.13. The van der Waals surface area contributed by atoms with Crippen molar-refractivity contribution < 1.29 is 48.8 Å². The van der Waals surface area contributed by atoms with Crippen LogP contribution in [-0.2, 0) is 38.6 Å². The van der Waals surface area contributed by atoms with Gasteiger partial charge < -0.3 is 19.7 Å². The van der Waals surface area contributed by atoms with Gasteiger partial charge in [0.15, 0.2) is 0 Å². The monoisotopic (exact) mass is 570 g/mol. The van der Waals surface area contributed by atoms with E-state index in [-0.39, 0.29) is 48.5 Å². The first-order valence-electron chi connectivity index (χ1n) is 10.1. The number of rotatable bonds is 26. The van der Waals surface area contributed by atoms with E-state index < -0.39 is 0 Å². The summed E-state index contributed by atoms with van der Waals surface area (Å²) in [4.78, 5) is 42.9. The second-order valence-electron chi connectivity index (χ2n) is 5.54. The zero-order chi connectivity index (χ0) is 24.2. The average molecular weight is 571 g/mol. The topological polar surface area (TPSA) is 130 Å². The number of hydrogen-bond acceptors (Lipinski definition) is 15. The van der Waals surface area contributed by atoms with Gasteiger partial charge in [-0.15, -0.1) is 23.5 Å². The molecule has 0 saturated heterocycles. The van der Waals surface area contributed by atoms with Gasteiger partial charge in [-0.05, 0) is 0 Å². The first-order valence-corrected chi connectivity index (χ1v) is 15.9. The van der Waals surface area contributed by atoms with Gasteiger partial charge in [-0.1, -0.05) is 11.8 Å². The number of carbonyl (C=O) groups is 2. The number of carbonyl (C=O) groups excluding carboxylic acids is 2. The van der Waals surface area contributed by atoms with Crippen molar-refractivity contribution in [3.05, 3.63) is 0 Å². The zero-order valence-corrected chi connectivity index (χ0v) is 22.6. The van der Waals surface area contributed by atoms with Crippen LogP contribution in [0.2, 0.25) is 0 Å². The van der Waals surface area contributed by atoms with Crippen molar-refractivity contribution in [3.8, 4) is 0 Å². The van der Waals surface area contributed by atoms with Gasteiger partial charge in [-0.2, -0.15) is 23.5 Å². The minimum Gasteiger partial charge on any atom is -0.464 e. The van der Waals surface area contributed by atoms with Crippen LogP contribution in [-0.4, -0.2) is 120 Å². The van der Waals surface area contributed by atoms with Crippen LogP contribution in [0.3, 0.4) is 0 Å². The molecule has 0 amide bonds. The fourth-order valence-electron chi connectivity index (χ4n) is 1.61. The quantitative estimate of drug-likeness (QED) is 0.0512. The summed E-state index contributed by atoms with van der Waals surface area (Å²) in [7, 11) is 0. The summed E-state index contributed by atoms with van der Waals surface area (Å²) in [5.41, 5.74) is 0. The average Bonchev–Trinajstić information content (AvgIpc) is 2.81. The number of esters is 2. The number of hydrogen-bond donors (Lipinski definition) is 2. The summed E-state index contributed by atoms with van der Waals surface area (Å²) in [6.45, 7) is 1.80. The highest BCUT2D eigenvalue weighted by Gasteiger charge is 2.04. The van der Waals surface area contributed by atoms with Crippen molar-refractivity contribution >= 4 is 70.7 Å². The summed E-state index contributed by atoms with van der Waals surface area (Å²) in [6, 6.07) is 0. The number of ether oxygens (including phenoxy) is 2. The SMILES string of the molecule is O=C(CSCCOOCSCOC(=O)CSCCOOCCSCCO)OCCSCCO. The zero-order valence-electron chi connectivity index (χ0n) is 18.5. The predicted octanol–water partition coefficient (Wildman–Crippen LogP) is 1.53. The fourth-order valence-corrected chi connectivity index (χ4v) is 4.24. The van der Waals surface area contributed by atoms with Gasteiger partial charge in [-0.3, -0.25) is 9.59 Å². The molecule has 0 fully saturated rings. The van der Waals surface area contributed by atoms with E-state index in [2.05, 4.69) is 0 Å². The lowest BCUT2D eigenvalue weighted by atomic mass is 10.7. The molecular weight excluding hydrogens is 537 g/mol. The first-order chi connectivity index (χ1) is 16.2. The molecule has 0 atom stereocenters. The van der Waals surface area contributed by atoms with Crippen LogP contribution < -0.4 is 0 Å². The lowest BCUT2D eigenvalue weighted by Gasteiger charge is -2.06. The maximum absolute atomic E-state index is 11.6. The molecule has 0 radical (unpaired) electrons. The molecule has 0 spiro atoms. The van der Waals surface area contributed by atoms with E-state index in [4.69, 9.17) is 39.2 Å². The van der Waals surface area contributed by atoms with Crippen molar-refractivity contribution in [3.63, 3.8) is 0 Å². The van der Waals surface area contributed by atoms with Crippen molar-refractivity contribution in [1.82, 2.24) is 0 Å². The third-order valence-electron chi connectivity index (χ3n) is 2.94. The summed E-state index contributed by atoms with van der Waals surface area (Å²) < 4.78 is 10.1. The molecule has 2 N–H and O–H groups in total. The highest BCUT2D eigenvalue weighted by molar-refractivity contribution is 8.00. The second-order valence-corrected chi connectivity index (χ2v) is 11.1. The van der Waals surface area contributed by atoms with Gasteiger partial charge in [0.2, 0.25) is 0 Å². The Labute approximate surface area is 216 Å². The molecule has 0 aliphatic rings. The van der Waals surface area contributed by atoms with Gasteiger partial charge in [-0.25, -0.2) is 19.6 Å². The summed E-state index contributed by atoms with van der Waals surface area (Å²) in [6.07, 6.45) is 0. The Morgan fingerprint density at radius 1 is 0.515 bits per heavy atom. The van der Waals surface area contributed by atoms with Gasteiger partial charge >= 0.3 is 11.9 Å². The van der Waals surface area contributed by atoms with Crippen LogP contribution in [0.4, 0.5) is 0 Å². The van der Waals surface area contributed by atoms with Crippen LogP contribution in [0.15, 0.2) is 0 Å². The molecule has 15 heteroatoms. The molecule has 33 heavy (non-hydrogen) atoms. The fraction of sp³-hybridized carbons (Fsp3) is 0.889.